The second-order valence-corrected chi connectivity index (χ2v) is 6.25. The highest BCUT2D eigenvalue weighted by molar-refractivity contribution is 6.30. The summed E-state index contributed by atoms with van der Waals surface area (Å²) >= 11 is 5.99. The van der Waals surface area contributed by atoms with Gasteiger partial charge in [-0.15, -0.1) is 0 Å². The largest absolute Gasteiger partial charge is 0.489 e. The summed E-state index contributed by atoms with van der Waals surface area (Å²) in [5, 5.41) is 9.79. The fourth-order valence-corrected chi connectivity index (χ4v) is 3.00. The van der Waals surface area contributed by atoms with E-state index in [0.29, 0.717) is 17.4 Å². The average Bonchev–Trinajstić information content (AvgIpc) is 2.68. The molecular formula is C21H18ClNO3. The topological polar surface area (TPSA) is 58.6 Å². The van der Waals surface area contributed by atoms with Crippen LogP contribution in [0.25, 0.3) is 0 Å². The van der Waals surface area contributed by atoms with Crippen LogP contribution in [0.2, 0.25) is 5.02 Å². The van der Waals surface area contributed by atoms with Crippen LogP contribution in [0.5, 0.6) is 5.75 Å². The van der Waals surface area contributed by atoms with Crippen LogP contribution >= 0.6 is 11.6 Å². The molecule has 0 spiro atoms. The van der Waals surface area contributed by atoms with Crippen LogP contribution in [-0.4, -0.2) is 11.1 Å². The van der Waals surface area contributed by atoms with E-state index in [2.05, 4.69) is 0 Å². The Kier molecular flexibility index (Phi) is 5.89. The maximum Gasteiger partial charge on any atom is 0.255 e. The van der Waals surface area contributed by atoms with Gasteiger partial charge in [0, 0.05) is 5.02 Å². The molecule has 0 aliphatic carbocycles. The van der Waals surface area contributed by atoms with Gasteiger partial charge in [0.25, 0.3) is 5.91 Å². The van der Waals surface area contributed by atoms with E-state index < -0.39 is 11.8 Å². The zero-order chi connectivity index (χ0) is 18.4. The fourth-order valence-electron chi connectivity index (χ4n) is 2.78. The van der Waals surface area contributed by atoms with Crippen molar-refractivity contribution in [3.05, 3.63) is 101 Å². The third kappa shape index (κ3) is 4.42. The van der Waals surface area contributed by atoms with Crippen molar-refractivity contribution in [3.8, 4) is 5.75 Å². The average molecular weight is 368 g/mol. The van der Waals surface area contributed by atoms with Crippen molar-refractivity contribution < 1.29 is 14.7 Å². The molecule has 1 amide bonds. The highest BCUT2D eigenvalue weighted by Gasteiger charge is 2.22. The number of carbonyl (C=O) groups is 1. The van der Waals surface area contributed by atoms with Crippen molar-refractivity contribution in [3.63, 3.8) is 0 Å². The van der Waals surface area contributed by atoms with E-state index in [1.54, 1.807) is 11.5 Å². The Hall–Kier alpha value is -2.82. The van der Waals surface area contributed by atoms with Crippen molar-refractivity contribution >= 4 is 17.5 Å². The number of hydrogen-bond acceptors (Lipinski definition) is 3. The molecule has 0 saturated heterocycles. The Morgan fingerprint density at radius 1 is 0.962 bits per heavy atom. The lowest BCUT2D eigenvalue weighted by atomic mass is 9.90. The van der Waals surface area contributed by atoms with E-state index in [9.17, 15) is 4.79 Å². The zero-order valence-electron chi connectivity index (χ0n) is 13.9. The molecular weight excluding hydrogens is 350 g/mol. The van der Waals surface area contributed by atoms with Gasteiger partial charge in [0.1, 0.15) is 12.4 Å². The van der Waals surface area contributed by atoms with Crippen LogP contribution in [0, 0.1) is 0 Å². The van der Waals surface area contributed by atoms with E-state index >= 15 is 0 Å². The Labute approximate surface area is 157 Å². The van der Waals surface area contributed by atoms with E-state index in [-0.39, 0.29) is 0 Å². The maximum atomic E-state index is 12.2. The first-order valence-corrected chi connectivity index (χ1v) is 8.51. The number of rotatable bonds is 6. The van der Waals surface area contributed by atoms with Crippen LogP contribution in [0.3, 0.4) is 0 Å². The Balaban J connectivity index is 1.83. The number of benzene rings is 3. The van der Waals surface area contributed by atoms with Crippen LogP contribution in [0.1, 0.15) is 22.6 Å². The van der Waals surface area contributed by atoms with E-state index in [4.69, 9.17) is 21.5 Å². The van der Waals surface area contributed by atoms with Crippen LogP contribution in [0.15, 0.2) is 78.9 Å². The third-order valence-electron chi connectivity index (χ3n) is 3.99. The molecule has 0 aliphatic rings. The van der Waals surface area contributed by atoms with Gasteiger partial charge in [-0.2, -0.15) is 0 Å². The number of carbonyl (C=O) groups excluding carboxylic acids is 1. The number of hydrogen-bond donors (Lipinski definition) is 2. The van der Waals surface area contributed by atoms with E-state index in [0.717, 1.165) is 16.7 Å². The normalized spacial score (nSPS) is 11.6. The first-order valence-electron chi connectivity index (χ1n) is 8.13. The Bertz CT molecular complexity index is 883. The van der Waals surface area contributed by atoms with Gasteiger partial charge >= 0.3 is 0 Å². The van der Waals surface area contributed by atoms with Gasteiger partial charge < -0.3 is 4.74 Å². The molecule has 0 fully saturated rings. The minimum absolute atomic E-state index is 0.367. The van der Waals surface area contributed by atoms with Gasteiger partial charge in [-0.1, -0.05) is 66.2 Å². The summed E-state index contributed by atoms with van der Waals surface area (Å²) in [7, 11) is 0. The highest BCUT2D eigenvalue weighted by atomic mass is 35.5. The highest BCUT2D eigenvalue weighted by Crippen LogP contribution is 2.28. The molecule has 5 heteroatoms. The number of nitrogens with one attached hydrogen (secondary N) is 1. The fraction of sp³-hybridized carbons (Fsp3) is 0.0952. The summed E-state index contributed by atoms with van der Waals surface area (Å²) in [6.45, 7) is 0.367. The molecule has 132 valence electrons. The molecule has 0 aromatic heterocycles. The van der Waals surface area contributed by atoms with Crippen LogP contribution in [0.4, 0.5) is 0 Å². The molecule has 3 rings (SSSR count). The second kappa shape index (κ2) is 8.52. The number of hydroxylamine groups is 1. The molecule has 0 bridgehead atoms. The summed E-state index contributed by atoms with van der Waals surface area (Å²) in [4.78, 5) is 12.2. The summed E-state index contributed by atoms with van der Waals surface area (Å²) in [5.74, 6) is -0.492. The van der Waals surface area contributed by atoms with Crippen molar-refractivity contribution in [1.82, 2.24) is 5.48 Å². The molecule has 26 heavy (non-hydrogen) atoms. The molecule has 3 aromatic rings. The number of amides is 1. The second-order valence-electron chi connectivity index (χ2n) is 5.81. The minimum Gasteiger partial charge on any atom is -0.489 e. The quantitative estimate of drug-likeness (QED) is 0.496. The number of halogens is 1. The lowest BCUT2D eigenvalue weighted by molar-refractivity contribution is -0.129. The standard InChI is InChI=1S/C21H18ClNO3/c22-18-10-4-6-15(12-18)14-26-19-11-5-9-17(13-19)20(21(24)23-25)16-7-2-1-3-8-16/h1-13,20,25H,14H2,(H,23,24). The van der Waals surface area contributed by atoms with Gasteiger partial charge in [-0.05, 0) is 41.0 Å². The molecule has 4 nitrogen and oxygen atoms in total. The molecule has 0 radical (unpaired) electrons. The van der Waals surface area contributed by atoms with Crippen LogP contribution in [-0.2, 0) is 11.4 Å². The maximum absolute atomic E-state index is 12.2. The molecule has 0 saturated carbocycles. The van der Waals surface area contributed by atoms with Crippen molar-refractivity contribution in [2.75, 3.05) is 0 Å². The predicted molar refractivity (Wildman–Crippen MR) is 100 cm³/mol. The van der Waals surface area contributed by atoms with E-state index in [1.165, 1.54) is 0 Å². The smallest absolute Gasteiger partial charge is 0.255 e. The third-order valence-corrected chi connectivity index (χ3v) is 4.23. The van der Waals surface area contributed by atoms with Crippen molar-refractivity contribution in [2.24, 2.45) is 0 Å². The molecule has 0 heterocycles. The zero-order valence-corrected chi connectivity index (χ0v) is 14.7. The van der Waals surface area contributed by atoms with Gasteiger partial charge in [0.05, 0.1) is 5.92 Å². The lowest BCUT2D eigenvalue weighted by Crippen LogP contribution is -2.27. The molecule has 1 unspecified atom stereocenters. The summed E-state index contributed by atoms with van der Waals surface area (Å²) in [5.41, 5.74) is 4.22. The first-order chi connectivity index (χ1) is 12.7. The van der Waals surface area contributed by atoms with Gasteiger partial charge in [0.2, 0.25) is 0 Å². The van der Waals surface area contributed by atoms with Gasteiger partial charge in [-0.3, -0.25) is 10.0 Å². The van der Waals surface area contributed by atoms with Gasteiger partial charge in [0.15, 0.2) is 0 Å². The summed E-state index contributed by atoms with van der Waals surface area (Å²) in [6, 6.07) is 24.0. The Morgan fingerprint density at radius 3 is 2.42 bits per heavy atom. The first kappa shape index (κ1) is 18.0. The lowest BCUT2D eigenvalue weighted by Gasteiger charge is -2.17. The van der Waals surface area contributed by atoms with Gasteiger partial charge in [-0.25, -0.2) is 5.48 Å². The molecule has 1 atom stereocenters. The molecule has 0 aliphatic heterocycles. The van der Waals surface area contributed by atoms with Crippen molar-refractivity contribution in [1.29, 1.82) is 0 Å². The minimum atomic E-state index is -0.629. The molecule has 2 N–H and O–H groups in total. The summed E-state index contributed by atoms with van der Waals surface area (Å²) in [6.07, 6.45) is 0. The van der Waals surface area contributed by atoms with Crippen molar-refractivity contribution in [2.45, 2.75) is 12.5 Å². The van der Waals surface area contributed by atoms with E-state index in [1.807, 2.05) is 72.8 Å². The monoisotopic (exact) mass is 367 g/mol. The Morgan fingerprint density at radius 2 is 1.69 bits per heavy atom. The van der Waals surface area contributed by atoms with Crippen LogP contribution < -0.4 is 10.2 Å². The SMILES string of the molecule is O=C(NO)C(c1ccccc1)c1cccc(OCc2cccc(Cl)c2)c1. The summed E-state index contributed by atoms with van der Waals surface area (Å²) < 4.78 is 5.83. The molecule has 3 aromatic carbocycles. The number of ether oxygens (including phenoxy) is 1. The predicted octanol–water partition coefficient (Wildman–Crippen LogP) is 4.56.